The lowest BCUT2D eigenvalue weighted by Gasteiger charge is -2.41. The van der Waals surface area contributed by atoms with E-state index in [1.807, 2.05) is 4.90 Å². The van der Waals surface area contributed by atoms with Gasteiger partial charge < -0.3 is 14.2 Å². The normalized spacial score (nSPS) is 18.9. The molecule has 0 bridgehead atoms. The number of hydrogen-bond acceptors (Lipinski definition) is 6. The third-order valence-corrected chi connectivity index (χ3v) is 6.05. The fourth-order valence-electron chi connectivity index (χ4n) is 4.28. The molecule has 2 aliphatic heterocycles. The van der Waals surface area contributed by atoms with E-state index in [-0.39, 0.29) is 11.3 Å². The molecule has 0 saturated carbocycles. The van der Waals surface area contributed by atoms with Crippen molar-refractivity contribution < 1.29 is 9.53 Å². The lowest BCUT2D eigenvalue weighted by Crippen LogP contribution is -2.44. The van der Waals surface area contributed by atoms with Gasteiger partial charge in [0.05, 0.1) is 6.61 Å². The van der Waals surface area contributed by atoms with Gasteiger partial charge in [0.25, 0.3) is 5.91 Å². The second-order valence-electron chi connectivity index (χ2n) is 7.54. The topological polar surface area (TPSA) is 86.0 Å². The molecule has 144 valence electrons. The average molecular weight is 370 g/mol. The van der Waals surface area contributed by atoms with Crippen molar-refractivity contribution in [2.45, 2.75) is 45.1 Å². The highest BCUT2D eigenvalue weighted by atomic mass is 16.5. The minimum atomic E-state index is -0.0574. The maximum Gasteiger partial charge on any atom is 0.291 e. The van der Waals surface area contributed by atoms with Crippen molar-refractivity contribution in [3.05, 3.63) is 35.9 Å². The fourth-order valence-corrected chi connectivity index (χ4v) is 4.28. The van der Waals surface area contributed by atoms with E-state index >= 15 is 0 Å². The van der Waals surface area contributed by atoms with Crippen molar-refractivity contribution in [3.63, 3.8) is 0 Å². The highest BCUT2D eigenvalue weighted by Gasteiger charge is 2.38. The summed E-state index contributed by atoms with van der Waals surface area (Å²) in [7, 11) is 1.71. The smallest absolute Gasteiger partial charge is 0.291 e. The monoisotopic (exact) mass is 370 g/mol. The Hall–Kier alpha value is -2.35. The number of fused-ring (bicyclic) bond motifs is 1. The third-order valence-electron chi connectivity index (χ3n) is 6.05. The molecule has 4 heterocycles. The molecule has 1 amide bonds. The summed E-state index contributed by atoms with van der Waals surface area (Å²) in [5.74, 6) is 2.35. The predicted octanol–water partition coefficient (Wildman–Crippen LogP) is 1.52. The first kappa shape index (κ1) is 18.0. The summed E-state index contributed by atoms with van der Waals surface area (Å²) in [6, 6.07) is 1.73. The molecule has 0 N–H and O–H groups in total. The molecule has 4 rings (SSSR count). The molecular formula is C19H26N6O2. The summed E-state index contributed by atoms with van der Waals surface area (Å²) in [4.78, 5) is 22.7. The van der Waals surface area contributed by atoms with E-state index in [4.69, 9.17) is 4.74 Å². The lowest BCUT2D eigenvalue weighted by molar-refractivity contribution is 0.0524. The fraction of sp³-hybridized carbons (Fsp3) is 0.632. The van der Waals surface area contributed by atoms with E-state index in [1.54, 1.807) is 25.6 Å². The average Bonchev–Trinajstić information content (AvgIpc) is 3.03. The van der Waals surface area contributed by atoms with Crippen molar-refractivity contribution in [2.24, 2.45) is 5.41 Å². The van der Waals surface area contributed by atoms with Gasteiger partial charge in [-0.25, -0.2) is 9.97 Å². The van der Waals surface area contributed by atoms with Gasteiger partial charge in [-0.15, -0.1) is 10.2 Å². The lowest BCUT2D eigenvalue weighted by atomic mass is 9.72. The van der Waals surface area contributed by atoms with Crippen molar-refractivity contribution in [1.29, 1.82) is 0 Å². The molecule has 0 unspecified atom stereocenters. The van der Waals surface area contributed by atoms with Crippen molar-refractivity contribution in [1.82, 2.24) is 29.6 Å². The largest absolute Gasteiger partial charge is 0.384 e. The zero-order valence-corrected chi connectivity index (χ0v) is 15.8. The van der Waals surface area contributed by atoms with Crippen LogP contribution in [0.3, 0.4) is 0 Å². The molecule has 1 spiro atoms. The van der Waals surface area contributed by atoms with E-state index in [2.05, 4.69) is 24.7 Å². The van der Waals surface area contributed by atoms with Gasteiger partial charge in [-0.2, -0.15) is 0 Å². The van der Waals surface area contributed by atoms with Crippen molar-refractivity contribution in [3.8, 4) is 0 Å². The Labute approximate surface area is 159 Å². The van der Waals surface area contributed by atoms with Crippen molar-refractivity contribution >= 4 is 5.91 Å². The summed E-state index contributed by atoms with van der Waals surface area (Å²) >= 11 is 0. The number of aromatic nitrogens is 5. The Morgan fingerprint density at radius 3 is 2.59 bits per heavy atom. The number of methoxy groups -OCH3 is 1. The second-order valence-corrected chi connectivity index (χ2v) is 7.54. The first-order valence-electron chi connectivity index (χ1n) is 9.67. The maximum absolute atomic E-state index is 12.6. The molecular weight excluding hydrogens is 344 g/mol. The number of hydrogen-bond donors (Lipinski definition) is 0. The number of likely N-dealkylation sites (tertiary alicyclic amines) is 1. The SMILES string of the molecule is COCCc1nnc2n1CCC1(CC2)CCN(C(=O)c2ncccn2)CC1. The summed E-state index contributed by atoms with van der Waals surface area (Å²) in [5.41, 5.74) is 0.285. The minimum absolute atomic E-state index is 0.0574. The number of piperidine rings is 1. The molecule has 0 radical (unpaired) electrons. The number of carbonyl (C=O) groups excluding carboxylic acids is 1. The number of amides is 1. The van der Waals surface area contributed by atoms with Gasteiger partial charge in [0, 0.05) is 52.0 Å². The number of nitrogens with zero attached hydrogens (tertiary/aromatic N) is 6. The van der Waals surface area contributed by atoms with E-state index < -0.39 is 0 Å². The molecule has 2 aromatic heterocycles. The number of rotatable bonds is 4. The highest BCUT2D eigenvalue weighted by molar-refractivity contribution is 5.90. The summed E-state index contributed by atoms with van der Waals surface area (Å²) in [5, 5.41) is 8.75. The van der Waals surface area contributed by atoms with E-state index in [0.29, 0.717) is 12.4 Å². The maximum atomic E-state index is 12.6. The molecule has 8 nitrogen and oxygen atoms in total. The van der Waals surface area contributed by atoms with Crippen LogP contribution in [-0.2, 0) is 24.1 Å². The second kappa shape index (κ2) is 7.72. The van der Waals surface area contributed by atoms with Crippen LogP contribution in [0.1, 0.15) is 48.0 Å². The molecule has 0 aromatic carbocycles. The van der Waals surface area contributed by atoms with Crippen LogP contribution in [0.15, 0.2) is 18.5 Å². The van der Waals surface area contributed by atoms with Crippen molar-refractivity contribution in [2.75, 3.05) is 26.8 Å². The molecule has 1 saturated heterocycles. The summed E-state index contributed by atoms with van der Waals surface area (Å²) in [6.07, 6.45) is 9.27. The van der Waals surface area contributed by atoms with E-state index in [9.17, 15) is 4.79 Å². The molecule has 1 fully saturated rings. The van der Waals surface area contributed by atoms with Gasteiger partial charge in [-0.05, 0) is 37.2 Å². The van der Waals surface area contributed by atoms with E-state index in [1.165, 1.54) is 0 Å². The van der Waals surface area contributed by atoms with Crippen LogP contribution >= 0.6 is 0 Å². The molecule has 8 heteroatoms. The van der Waals surface area contributed by atoms with E-state index in [0.717, 1.165) is 69.8 Å². The van der Waals surface area contributed by atoms with Gasteiger partial charge in [0.2, 0.25) is 5.82 Å². The molecule has 2 aromatic rings. The first-order chi connectivity index (χ1) is 13.2. The standard InChI is InChI=1S/C19H26N6O2/c1-27-14-4-16-23-22-15-3-5-19(8-13-25(15)16)6-11-24(12-7-19)18(26)17-20-9-2-10-21-17/h2,9-10H,3-8,11-14H2,1H3. The summed E-state index contributed by atoms with van der Waals surface area (Å²) < 4.78 is 7.47. The minimum Gasteiger partial charge on any atom is -0.384 e. The number of carbonyl (C=O) groups is 1. The Kier molecular flexibility index (Phi) is 5.15. The zero-order chi connectivity index (χ0) is 18.7. The first-order valence-corrected chi connectivity index (χ1v) is 9.67. The molecule has 0 aliphatic carbocycles. The zero-order valence-electron chi connectivity index (χ0n) is 15.8. The van der Waals surface area contributed by atoms with Crippen LogP contribution in [0.2, 0.25) is 0 Å². The van der Waals surface area contributed by atoms with Gasteiger partial charge in [0.15, 0.2) is 0 Å². The molecule has 2 aliphatic rings. The summed E-state index contributed by atoms with van der Waals surface area (Å²) in [6.45, 7) is 3.17. The predicted molar refractivity (Wildman–Crippen MR) is 98.1 cm³/mol. The Balaban J connectivity index is 1.39. The Morgan fingerprint density at radius 2 is 1.85 bits per heavy atom. The molecule has 27 heavy (non-hydrogen) atoms. The van der Waals surface area contributed by atoms with Crippen LogP contribution in [-0.4, -0.2) is 62.3 Å². The Morgan fingerprint density at radius 1 is 1.11 bits per heavy atom. The van der Waals surface area contributed by atoms with Gasteiger partial charge in [0.1, 0.15) is 11.6 Å². The quantitative estimate of drug-likeness (QED) is 0.811. The van der Waals surface area contributed by atoms with Crippen LogP contribution in [0, 0.1) is 5.41 Å². The van der Waals surface area contributed by atoms with Gasteiger partial charge in [-0.1, -0.05) is 0 Å². The van der Waals surface area contributed by atoms with Gasteiger partial charge in [-0.3, -0.25) is 4.79 Å². The third kappa shape index (κ3) is 3.71. The van der Waals surface area contributed by atoms with Crippen LogP contribution in [0.25, 0.3) is 0 Å². The molecule has 0 atom stereocenters. The van der Waals surface area contributed by atoms with Gasteiger partial charge >= 0.3 is 0 Å². The number of aryl methyl sites for hydroxylation is 1. The van der Waals surface area contributed by atoms with Crippen LogP contribution in [0.4, 0.5) is 0 Å². The Bertz CT molecular complexity index is 783. The number of ether oxygens (including phenoxy) is 1. The highest BCUT2D eigenvalue weighted by Crippen LogP contribution is 2.41. The van der Waals surface area contributed by atoms with Crippen LogP contribution in [0.5, 0.6) is 0 Å². The van der Waals surface area contributed by atoms with Crippen LogP contribution < -0.4 is 0 Å².